The van der Waals surface area contributed by atoms with Crippen molar-refractivity contribution in [3.8, 4) is 0 Å². The van der Waals surface area contributed by atoms with Gasteiger partial charge in [-0.05, 0) is 6.92 Å². The lowest BCUT2D eigenvalue weighted by Gasteiger charge is -2.36. The summed E-state index contributed by atoms with van der Waals surface area (Å²) < 4.78 is 11.5. The van der Waals surface area contributed by atoms with E-state index in [0.717, 1.165) is 4.88 Å². The highest BCUT2D eigenvalue weighted by Gasteiger charge is 2.60. The van der Waals surface area contributed by atoms with Gasteiger partial charge in [0.05, 0.1) is 11.5 Å². The third-order valence-electron chi connectivity index (χ3n) is 4.37. The van der Waals surface area contributed by atoms with Crippen LogP contribution in [-0.4, -0.2) is 58.8 Å². The Kier molecular flexibility index (Phi) is 4.21. The van der Waals surface area contributed by atoms with Crippen molar-refractivity contribution in [3.63, 3.8) is 0 Å². The van der Waals surface area contributed by atoms with Crippen molar-refractivity contribution in [1.82, 2.24) is 14.8 Å². The van der Waals surface area contributed by atoms with Gasteiger partial charge in [0.15, 0.2) is 22.1 Å². The van der Waals surface area contributed by atoms with Crippen LogP contribution in [0.3, 0.4) is 0 Å². The van der Waals surface area contributed by atoms with E-state index < -0.39 is 11.8 Å². The SMILES string of the molecule is COC1C([N+](=O)[O-])=C2N(Cc3cnc(Cl)s3)CCN2C1(C)OC. The molecule has 2 aliphatic rings. The standard InChI is InChI=1S/C13H17ClN4O4S/c1-13(22-3)10(21-2)9(18(19)20)11-16(4-5-17(11)13)7-8-6-15-12(14)23-8/h6,10H,4-5,7H2,1-3H3. The molecule has 2 atom stereocenters. The third-order valence-corrected chi connectivity index (χ3v) is 5.47. The summed E-state index contributed by atoms with van der Waals surface area (Å²) in [6.45, 7) is 3.62. The normalized spacial score (nSPS) is 27.0. The Labute approximate surface area is 142 Å². The molecule has 0 bridgehead atoms. The third kappa shape index (κ3) is 2.47. The number of hydrogen-bond acceptors (Lipinski definition) is 8. The van der Waals surface area contributed by atoms with E-state index in [9.17, 15) is 10.1 Å². The van der Waals surface area contributed by atoms with Crippen LogP contribution < -0.4 is 0 Å². The van der Waals surface area contributed by atoms with E-state index in [2.05, 4.69) is 4.98 Å². The number of ether oxygens (including phenoxy) is 2. The predicted molar refractivity (Wildman–Crippen MR) is 84.5 cm³/mol. The number of rotatable bonds is 5. The average Bonchev–Trinajstić information content (AvgIpc) is 3.16. The minimum Gasteiger partial charge on any atom is -0.365 e. The molecule has 2 aliphatic heterocycles. The van der Waals surface area contributed by atoms with E-state index in [1.807, 2.05) is 16.7 Å². The van der Waals surface area contributed by atoms with Gasteiger partial charge in [-0.25, -0.2) is 4.98 Å². The molecule has 8 nitrogen and oxygen atoms in total. The first-order chi connectivity index (χ1) is 10.9. The zero-order valence-electron chi connectivity index (χ0n) is 13.0. The van der Waals surface area contributed by atoms with Crippen LogP contribution in [0.1, 0.15) is 11.8 Å². The largest absolute Gasteiger partial charge is 0.365 e. The topological polar surface area (TPSA) is 81.0 Å². The number of halogens is 1. The van der Waals surface area contributed by atoms with Gasteiger partial charge >= 0.3 is 5.70 Å². The van der Waals surface area contributed by atoms with Crippen LogP contribution in [0, 0.1) is 10.1 Å². The van der Waals surface area contributed by atoms with E-state index in [-0.39, 0.29) is 10.6 Å². The molecule has 0 spiro atoms. The summed E-state index contributed by atoms with van der Waals surface area (Å²) in [6.07, 6.45) is 0.936. The molecule has 3 heterocycles. The molecular formula is C13H17ClN4O4S. The Bertz CT molecular complexity index is 666. The van der Waals surface area contributed by atoms with Gasteiger partial charge in [-0.2, -0.15) is 0 Å². The van der Waals surface area contributed by atoms with Crippen molar-refractivity contribution >= 4 is 22.9 Å². The molecular weight excluding hydrogens is 344 g/mol. The van der Waals surface area contributed by atoms with E-state index in [4.69, 9.17) is 21.1 Å². The quantitative estimate of drug-likeness (QED) is 0.584. The maximum atomic E-state index is 11.6. The van der Waals surface area contributed by atoms with Gasteiger partial charge in [-0.1, -0.05) is 11.6 Å². The van der Waals surface area contributed by atoms with Gasteiger partial charge < -0.3 is 19.3 Å². The smallest absolute Gasteiger partial charge is 0.319 e. The first kappa shape index (κ1) is 16.4. The minimum atomic E-state index is -0.896. The molecule has 0 radical (unpaired) electrons. The van der Waals surface area contributed by atoms with Crippen molar-refractivity contribution in [2.24, 2.45) is 0 Å². The molecule has 1 aromatic rings. The van der Waals surface area contributed by atoms with Gasteiger partial charge in [0, 0.05) is 38.4 Å². The molecule has 0 saturated carbocycles. The fourth-order valence-electron chi connectivity index (χ4n) is 3.27. The summed E-state index contributed by atoms with van der Waals surface area (Å²) >= 11 is 7.24. The first-order valence-corrected chi connectivity index (χ1v) is 8.21. The first-order valence-electron chi connectivity index (χ1n) is 7.01. The van der Waals surface area contributed by atoms with Crippen molar-refractivity contribution < 1.29 is 14.4 Å². The van der Waals surface area contributed by atoms with Gasteiger partial charge in [0.1, 0.15) is 0 Å². The summed E-state index contributed by atoms with van der Waals surface area (Å²) in [5, 5.41) is 11.6. The number of thiazole rings is 1. The van der Waals surface area contributed by atoms with Gasteiger partial charge in [0.25, 0.3) is 0 Å². The fourth-order valence-corrected chi connectivity index (χ4v) is 4.27. The Morgan fingerprint density at radius 2 is 2.30 bits per heavy atom. The van der Waals surface area contributed by atoms with Crippen molar-refractivity contribution in [2.75, 3.05) is 27.3 Å². The highest BCUT2D eigenvalue weighted by atomic mass is 35.5. The lowest BCUT2D eigenvalue weighted by atomic mass is 10.1. The molecule has 0 aromatic carbocycles. The van der Waals surface area contributed by atoms with E-state index in [1.54, 1.807) is 6.20 Å². The predicted octanol–water partition coefficient (Wildman–Crippen LogP) is 1.75. The molecule has 3 rings (SSSR count). The van der Waals surface area contributed by atoms with Crippen LogP contribution >= 0.6 is 22.9 Å². The molecule has 0 N–H and O–H groups in total. The maximum Gasteiger partial charge on any atom is 0.319 e. The lowest BCUT2D eigenvalue weighted by molar-refractivity contribution is -0.440. The summed E-state index contributed by atoms with van der Waals surface area (Å²) in [4.78, 5) is 20.1. The van der Waals surface area contributed by atoms with Gasteiger partial charge in [-0.3, -0.25) is 10.1 Å². The van der Waals surface area contributed by atoms with Crippen molar-refractivity contribution in [1.29, 1.82) is 0 Å². The molecule has 1 fully saturated rings. The number of methoxy groups -OCH3 is 2. The summed E-state index contributed by atoms with van der Waals surface area (Å²) in [5.41, 5.74) is -0.864. The second kappa shape index (κ2) is 5.90. The van der Waals surface area contributed by atoms with Crippen LogP contribution in [0.25, 0.3) is 0 Å². The van der Waals surface area contributed by atoms with Crippen LogP contribution in [0.2, 0.25) is 4.47 Å². The van der Waals surface area contributed by atoms with Crippen LogP contribution in [0.4, 0.5) is 0 Å². The second-order valence-corrected chi connectivity index (χ2v) is 7.19. The Balaban J connectivity index is 1.99. The average molecular weight is 361 g/mol. The molecule has 126 valence electrons. The molecule has 1 saturated heterocycles. The van der Waals surface area contributed by atoms with E-state index in [1.165, 1.54) is 25.6 Å². The summed E-state index contributed by atoms with van der Waals surface area (Å²) in [5.74, 6) is 0.552. The summed E-state index contributed by atoms with van der Waals surface area (Å²) in [7, 11) is 3.00. The van der Waals surface area contributed by atoms with Crippen molar-refractivity contribution in [3.05, 3.63) is 37.2 Å². The highest BCUT2D eigenvalue weighted by molar-refractivity contribution is 7.15. The lowest BCUT2D eigenvalue weighted by Crippen LogP contribution is -2.51. The van der Waals surface area contributed by atoms with Gasteiger partial charge in [-0.15, -0.1) is 11.3 Å². The number of nitrogens with zero attached hydrogens (tertiary/aromatic N) is 4. The zero-order valence-corrected chi connectivity index (χ0v) is 14.6. The number of nitro groups is 1. The zero-order chi connectivity index (χ0) is 16.8. The Hall–Kier alpha value is -1.42. The van der Waals surface area contributed by atoms with Crippen LogP contribution in [0.15, 0.2) is 17.7 Å². The Morgan fingerprint density at radius 3 is 2.83 bits per heavy atom. The van der Waals surface area contributed by atoms with Crippen LogP contribution in [0.5, 0.6) is 0 Å². The number of fused-ring (bicyclic) bond motifs is 1. The van der Waals surface area contributed by atoms with E-state index >= 15 is 0 Å². The monoisotopic (exact) mass is 360 g/mol. The Morgan fingerprint density at radius 1 is 1.57 bits per heavy atom. The highest BCUT2D eigenvalue weighted by Crippen LogP contribution is 2.44. The number of hydrogen-bond donors (Lipinski definition) is 0. The fraction of sp³-hybridized carbons (Fsp3) is 0.615. The molecule has 1 aromatic heterocycles. The number of aromatic nitrogens is 1. The molecule has 0 amide bonds. The second-order valence-electron chi connectivity index (χ2n) is 5.49. The molecule has 10 heteroatoms. The molecule has 2 unspecified atom stereocenters. The van der Waals surface area contributed by atoms with E-state index in [0.29, 0.717) is 29.9 Å². The minimum absolute atomic E-state index is 0.0324. The summed E-state index contributed by atoms with van der Waals surface area (Å²) in [6, 6.07) is 0. The van der Waals surface area contributed by atoms with Crippen molar-refractivity contribution in [2.45, 2.75) is 25.3 Å². The molecule has 0 aliphatic carbocycles. The van der Waals surface area contributed by atoms with Gasteiger partial charge in [0.2, 0.25) is 0 Å². The molecule has 23 heavy (non-hydrogen) atoms. The maximum absolute atomic E-state index is 11.6. The van der Waals surface area contributed by atoms with Crippen LogP contribution in [-0.2, 0) is 16.0 Å².